The van der Waals surface area contributed by atoms with E-state index in [2.05, 4.69) is 20.8 Å². The van der Waals surface area contributed by atoms with E-state index in [1.807, 2.05) is 0 Å². The van der Waals surface area contributed by atoms with Crippen LogP contribution in [0.15, 0.2) is 24.3 Å². The number of rotatable bonds is 5. The molecule has 0 bridgehead atoms. The minimum Gasteiger partial charge on any atom is -0.478 e. The number of nitrogens with two attached hydrogens (primary N) is 1. The van der Waals surface area contributed by atoms with E-state index >= 15 is 0 Å². The topological polar surface area (TPSA) is 101 Å². The number of hydrogen-bond acceptors (Lipinski definition) is 3. The third-order valence-electron chi connectivity index (χ3n) is 3.47. The highest BCUT2D eigenvalue weighted by molar-refractivity contribution is 5.93. The van der Waals surface area contributed by atoms with Crippen molar-refractivity contribution in [3.63, 3.8) is 0 Å². The van der Waals surface area contributed by atoms with Gasteiger partial charge < -0.3 is 15.9 Å². The van der Waals surface area contributed by atoms with Gasteiger partial charge in [-0.3, -0.25) is 0 Å². The summed E-state index contributed by atoms with van der Waals surface area (Å²) in [6.07, 6.45) is 3.29. The Labute approximate surface area is 119 Å². The first-order valence-corrected chi connectivity index (χ1v) is 6.65. The van der Waals surface area contributed by atoms with Gasteiger partial charge in [-0.05, 0) is 37.5 Å². The van der Waals surface area contributed by atoms with Crippen LogP contribution in [-0.4, -0.2) is 27.7 Å². The SMILES string of the molecule is CCC(N)(CC)CC.O=C(O)c1cccc(C(=O)O)c1. The number of carbonyl (C=O) groups is 2. The first-order valence-electron chi connectivity index (χ1n) is 6.65. The highest BCUT2D eigenvalue weighted by Crippen LogP contribution is 2.14. The van der Waals surface area contributed by atoms with E-state index in [9.17, 15) is 9.59 Å². The molecule has 0 aromatic heterocycles. The van der Waals surface area contributed by atoms with Crippen LogP contribution in [0.5, 0.6) is 0 Å². The van der Waals surface area contributed by atoms with E-state index in [1.165, 1.54) is 18.2 Å². The fourth-order valence-corrected chi connectivity index (χ4v) is 1.54. The first-order chi connectivity index (χ1) is 9.29. The third-order valence-corrected chi connectivity index (χ3v) is 3.47. The molecule has 20 heavy (non-hydrogen) atoms. The second kappa shape index (κ2) is 8.32. The highest BCUT2D eigenvalue weighted by atomic mass is 16.4. The maximum atomic E-state index is 10.4. The first kappa shape index (κ1) is 18.1. The van der Waals surface area contributed by atoms with E-state index < -0.39 is 11.9 Å². The van der Waals surface area contributed by atoms with Crippen molar-refractivity contribution in [3.8, 4) is 0 Å². The minimum absolute atomic E-state index is 0.0186. The second-order valence-corrected chi connectivity index (χ2v) is 4.61. The zero-order chi connectivity index (χ0) is 15.8. The average molecular weight is 281 g/mol. The Bertz CT molecular complexity index is 415. The molecule has 0 spiro atoms. The van der Waals surface area contributed by atoms with Crippen LogP contribution in [0.3, 0.4) is 0 Å². The predicted octanol–water partition coefficient (Wildman–Crippen LogP) is 3.00. The summed E-state index contributed by atoms with van der Waals surface area (Å²) in [5.74, 6) is -2.25. The van der Waals surface area contributed by atoms with Crippen LogP contribution in [0.1, 0.15) is 60.7 Å². The zero-order valence-electron chi connectivity index (χ0n) is 12.2. The van der Waals surface area contributed by atoms with Crippen molar-refractivity contribution in [3.05, 3.63) is 35.4 Å². The third kappa shape index (κ3) is 5.84. The molecule has 1 aromatic rings. The summed E-state index contributed by atoms with van der Waals surface area (Å²) < 4.78 is 0. The number of benzene rings is 1. The molecular weight excluding hydrogens is 258 g/mol. The molecule has 5 nitrogen and oxygen atoms in total. The zero-order valence-corrected chi connectivity index (χ0v) is 12.2. The van der Waals surface area contributed by atoms with Gasteiger partial charge in [-0.2, -0.15) is 0 Å². The van der Waals surface area contributed by atoms with Crippen molar-refractivity contribution in [2.24, 2.45) is 5.73 Å². The molecule has 0 heterocycles. The van der Waals surface area contributed by atoms with Gasteiger partial charge in [0.2, 0.25) is 0 Å². The quantitative estimate of drug-likeness (QED) is 0.770. The summed E-state index contributed by atoms with van der Waals surface area (Å²) in [6.45, 7) is 6.44. The number of carboxylic acid groups (broad SMARTS) is 2. The standard InChI is InChI=1S/C8H6O4.C7H17N/c9-7(10)5-2-1-3-6(4-5)8(11)12;1-4-7(8,5-2)6-3/h1-4H,(H,9,10)(H,11,12);4-6,8H2,1-3H3. The maximum Gasteiger partial charge on any atom is 0.335 e. The van der Waals surface area contributed by atoms with Gasteiger partial charge >= 0.3 is 11.9 Å². The van der Waals surface area contributed by atoms with Gasteiger partial charge in [0.25, 0.3) is 0 Å². The lowest BCUT2D eigenvalue weighted by Crippen LogP contribution is -2.37. The van der Waals surface area contributed by atoms with Crippen molar-refractivity contribution in [1.29, 1.82) is 0 Å². The number of aromatic carboxylic acids is 2. The Hall–Kier alpha value is -1.88. The molecule has 0 amide bonds. The van der Waals surface area contributed by atoms with Gasteiger partial charge in [-0.1, -0.05) is 26.8 Å². The lowest BCUT2D eigenvalue weighted by molar-refractivity contribution is 0.0696. The molecule has 112 valence electrons. The monoisotopic (exact) mass is 281 g/mol. The molecule has 5 heteroatoms. The van der Waals surface area contributed by atoms with Gasteiger partial charge in [0.05, 0.1) is 11.1 Å². The molecule has 0 unspecified atom stereocenters. The summed E-state index contributed by atoms with van der Waals surface area (Å²) in [4.78, 5) is 20.8. The molecule has 0 saturated carbocycles. The lowest BCUT2D eigenvalue weighted by Gasteiger charge is -2.23. The van der Waals surface area contributed by atoms with E-state index in [4.69, 9.17) is 15.9 Å². The molecule has 0 atom stereocenters. The molecule has 0 radical (unpaired) electrons. The Balaban J connectivity index is 0.000000396. The summed E-state index contributed by atoms with van der Waals surface area (Å²) in [7, 11) is 0. The Morgan fingerprint density at radius 3 is 1.55 bits per heavy atom. The summed E-state index contributed by atoms with van der Waals surface area (Å²) in [5.41, 5.74) is 5.98. The van der Waals surface area contributed by atoms with E-state index in [0.29, 0.717) is 0 Å². The molecule has 1 aromatic carbocycles. The van der Waals surface area contributed by atoms with Crippen LogP contribution in [0, 0.1) is 0 Å². The highest BCUT2D eigenvalue weighted by Gasteiger charge is 2.15. The summed E-state index contributed by atoms with van der Waals surface area (Å²) in [6, 6.07) is 5.20. The van der Waals surface area contributed by atoms with Crippen molar-refractivity contribution < 1.29 is 19.8 Å². The Kier molecular flexibility index (Phi) is 7.54. The smallest absolute Gasteiger partial charge is 0.335 e. The van der Waals surface area contributed by atoms with Crippen LogP contribution in [-0.2, 0) is 0 Å². The Morgan fingerprint density at radius 1 is 1.00 bits per heavy atom. The predicted molar refractivity (Wildman–Crippen MR) is 78.2 cm³/mol. The van der Waals surface area contributed by atoms with E-state index in [0.717, 1.165) is 25.3 Å². The number of hydrogen-bond donors (Lipinski definition) is 3. The Morgan fingerprint density at radius 2 is 1.35 bits per heavy atom. The summed E-state index contributed by atoms with van der Waals surface area (Å²) >= 11 is 0. The largest absolute Gasteiger partial charge is 0.478 e. The van der Waals surface area contributed by atoms with Crippen molar-refractivity contribution in [2.75, 3.05) is 0 Å². The molecule has 0 aliphatic rings. The molecular formula is C15H23NO4. The van der Waals surface area contributed by atoms with Crippen LogP contribution >= 0.6 is 0 Å². The van der Waals surface area contributed by atoms with Crippen molar-refractivity contribution in [1.82, 2.24) is 0 Å². The summed E-state index contributed by atoms with van der Waals surface area (Å²) in [5, 5.41) is 17.0. The van der Waals surface area contributed by atoms with E-state index in [1.54, 1.807) is 0 Å². The molecule has 4 N–H and O–H groups in total. The molecule has 0 aliphatic carbocycles. The van der Waals surface area contributed by atoms with Gasteiger partial charge in [-0.15, -0.1) is 0 Å². The lowest BCUT2D eigenvalue weighted by atomic mass is 9.92. The van der Waals surface area contributed by atoms with Crippen LogP contribution in [0.4, 0.5) is 0 Å². The van der Waals surface area contributed by atoms with Gasteiger partial charge in [0.15, 0.2) is 0 Å². The van der Waals surface area contributed by atoms with Crippen LogP contribution < -0.4 is 5.73 Å². The van der Waals surface area contributed by atoms with Gasteiger partial charge in [0.1, 0.15) is 0 Å². The van der Waals surface area contributed by atoms with Crippen molar-refractivity contribution >= 4 is 11.9 Å². The second-order valence-electron chi connectivity index (χ2n) is 4.61. The normalized spacial score (nSPS) is 10.4. The fourth-order valence-electron chi connectivity index (χ4n) is 1.54. The van der Waals surface area contributed by atoms with Crippen LogP contribution in [0.2, 0.25) is 0 Å². The molecule has 0 aliphatic heterocycles. The fraction of sp³-hybridized carbons (Fsp3) is 0.467. The van der Waals surface area contributed by atoms with Gasteiger partial charge in [0, 0.05) is 5.54 Å². The maximum absolute atomic E-state index is 10.4. The molecule has 1 rings (SSSR count). The van der Waals surface area contributed by atoms with Gasteiger partial charge in [-0.25, -0.2) is 9.59 Å². The van der Waals surface area contributed by atoms with E-state index in [-0.39, 0.29) is 16.7 Å². The minimum atomic E-state index is -1.13. The number of carboxylic acids is 2. The van der Waals surface area contributed by atoms with Crippen molar-refractivity contribution in [2.45, 2.75) is 45.6 Å². The molecule has 0 fully saturated rings. The van der Waals surface area contributed by atoms with Crippen LogP contribution in [0.25, 0.3) is 0 Å². The molecule has 0 saturated heterocycles. The average Bonchev–Trinajstić information content (AvgIpc) is 2.47.